The summed E-state index contributed by atoms with van der Waals surface area (Å²) < 4.78 is 7.00. The van der Waals surface area contributed by atoms with E-state index in [1.165, 1.54) is 13.5 Å². The molecule has 1 aromatic carbocycles. The Hall–Kier alpha value is -2.45. The van der Waals surface area contributed by atoms with Crippen LogP contribution in [0.3, 0.4) is 0 Å². The Bertz CT molecular complexity index is 963. The lowest BCUT2D eigenvalue weighted by atomic mass is 9.85. The predicted octanol–water partition coefficient (Wildman–Crippen LogP) is 2.20. The molecule has 1 saturated heterocycles. The summed E-state index contributed by atoms with van der Waals surface area (Å²) >= 11 is 0. The van der Waals surface area contributed by atoms with Crippen molar-refractivity contribution in [3.8, 4) is 0 Å². The van der Waals surface area contributed by atoms with E-state index in [4.69, 9.17) is 9.72 Å². The maximum Gasteiger partial charge on any atom is 0.256 e. The molecule has 0 spiro atoms. The molecular weight excluding hydrogens is 382 g/mol. The smallest absolute Gasteiger partial charge is 0.256 e. The number of hydrogen-bond acceptors (Lipinski definition) is 5. The molecule has 162 valence electrons. The van der Waals surface area contributed by atoms with Gasteiger partial charge in [0.05, 0.1) is 16.6 Å². The number of nitrogens with one attached hydrogen (secondary N) is 1. The summed E-state index contributed by atoms with van der Waals surface area (Å²) in [5, 5.41) is 2.84. The van der Waals surface area contributed by atoms with E-state index in [0.717, 1.165) is 42.7 Å². The molecule has 0 radical (unpaired) electrons. The van der Waals surface area contributed by atoms with E-state index in [-0.39, 0.29) is 18.4 Å². The van der Waals surface area contributed by atoms with Crippen molar-refractivity contribution in [2.45, 2.75) is 37.6 Å². The van der Waals surface area contributed by atoms with Crippen LogP contribution in [-0.2, 0) is 16.6 Å². The summed E-state index contributed by atoms with van der Waals surface area (Å²) in [6.45, 7) is 1.41. The molecular formula is C22H31N5O3. The van der Waals surface area contributed by atoms with E-state index in [1.54, 1.807) is 6.07 Å². The molecule has 1 aliphatic heterocycles. The Kier molecular flexibility index (Phi) is 5.79. The molecule has 2 aliphatic rings. The summed E-state index contributed by atoms with van der Waals surface area (Å²) in [6.07, 6.45) is 4.45. The van der Waals surface area contributed by atoms with Gasteiger partial charge in [-0.25, -0.2) is 4.98 Å². The first-order valence-corrected chi connectivity index (χ1v) is 10.6. The minimum absolute atomic E-state index is 0.00431. The second-order valence-corrected chi connectivity index (χ2v) is 8.69. The van der Waals surface area contributed by atoms with Gasteiger partial charge in [0, 0.05) is 44.9 Å². The van der Waals surface area contributed by atoms with Crippen molar-refractivity contribution in [1.29, 1.82) is 0 Å². The Morgan fingerprint density at radius 3 is 2.63 bits per heavy atom. The molecule has 0 bridgehead atoms. The van der Waals surface area contributed by atoms with Crippen LogP contribution >= 0.6 is 0 Å². The zero-order valence-corrected chi connectivity index (χ0v) is 18.3. The number of aryl methyl sites for hydroxylation is 1. The fourth-order valence-electron chi connectivity index (χ4n) is 4.48. The zero-order valence-electron chi connectivity index (χ0n) is 18.3. The van der Waals surface area contributed by atoms with Gasteiger partial charge in [-0.2, -0.15) is 0 Å². The number of amides is 2. The van der Waals surface area contributed by atoms with Crippen molar-refractivity contribution in [3.05, 3.63) is 23.5 Å². The molecule has 1 saturated carbocycles. The summed E-state index contributed by atoms with van der Waals surface area (Å²) in [4.78, 5) is 34.6. The Morgan fingerprint density at radius 2 is 2.03 bits per heavy atom. The average molecular weight is 414 g/mol. The van der Waals surface area contributed by atoms with Gasteiger partial charge in [0.2, 0.25) is 5.91 Å². The molecule has 1 aliphatic carbocycles. The number of imidazole rings is 1. The van der Waals surface area contributed by atoms with Gasteiger partial charge in [-0.1, -0.05) is 6.42 Å². The number of carbonyl (C=O) groups is 2. The summed E-state index contributed by atoms with van der Waals surface area (Å²) in [6, 6.07) is 4.01. The highest BCUT2D eigenvalue weighted by molar-refractivity contribution is 6.08. The molecule has 8 heteroatoms. The van der Waals surface area contributed by atoms with Crippen LogP contribution in [0.25, 0.3) is 11.0 Å². The molecule has 2 aromatic rings. The molecule has 1 N–H and O–H groups in total. The topological polar surface area (TPSA) is 79.7 Å². The Labute approximate surface area is 177 Å². The highest BCUT2D eigenvalue weighted by Crippen LogP contribution is 2.38. The highest BCUT2D eigenvalue weighted by Gasteiger charge is 2.31. The van der Waals surface area contributed by atoms with Gasteiger partial charge in [-0.05, 0) is 45.5 Å². The number of carbonyl (C=O) groups excluding carboxylic acids is 2. The summed E-state index contributed by atoms with van der Waals surface area (Å²) in [5.74, 6) is 1.22. The fourth-order valence-corrected chi connectivity index (χ4v) is 4.48. The van der Waals surface area contributed by atoms with Crippen LogP contribution in [-0.4, -0.2) is 78.1 Å². The standard InChI is InChI=1S/C22H31N5O3/c1-25(2)16-8-9-27(12-16)22(29)17-10-15(23-19(28)13-30-4)11-18-20(17)26(3)21(24-18)14-6-5-7-14/h10-11,14,16H,5-9,12-13H2,1-4H3,(H,23,28). The number of benzene rings is 1. The number of rotatable bonds is 6. The van der Waals surface area contributed by atoms with Gasteiger partial charge < -0.3 is 24.4 Å². The first-order valence-electron chi connectivity index (χ1n) is 10.6. The van der Waals surface area contributed by atoms with Crippen molar-refractivity contribution in [2.75, 3.05) is 46.2 Å². The highest BCUT2D eigenvalue weighted by atomic mass is 16.5. The first-order chi connectivity index (χ1) is 14.4. The molecule has 4 rings (SSSR count). The number of likely N-dealkylation sites (N-methyl/N-ethyl adjacent to an activating group) is 1. The van der Waals surface area contributed by atoms with Crippen LogP contribution < -0.4 is 5.32 Å². The third-order valence-electron chi connectivity index (χ3n) is 6.44. The minimum atomic E-state index is -0.251. The molecule has 8 nitrogen and oxygen atoms in total. The van der Waals surface area contributed by atoms with Gasteiger partial charge in [0.1, 0.15) is 12.4 Å². The maximum atomic E-state index is 13.5. The van der Waals surface area contributed by atoms with Crippen LogP contribution in [0, 0.1) is 0 Å². The maximum absolute atomic E-state index is 13.5. The number of methoxy groups -OCH3 is 1. The largest absolute Gasteiger partial charge is 0.375 e. The number of aromatic nitrogens is 2. The van der Waals surface area contributed by atoms with Crippen molar-refractivity contribution in [2.24, 2.45) is 7.05 Å². The summed E-state index contributed by atoms with van der Waals surface area (Å²) in [5.41, 5.74) is 2.77. The van der Waals surface area contributed by atoms with Crippen LogP contribution in [0.1, 0.15) is 47.8 Å². The lowest BCUT2D eigenvalue weighted by Crippen LogP contribution is -2.34. The second-order valence-electron chi connectivity index (χ2n) is 8.69. The molecule has 1 aromatic heterocycles. The van der Waals surface area contributed by atoms with Crippen LogP contribution in [0.4, 0.5) is 5.69 Å². The predicted molar refractivity (Wildman–Crippen MR) is 116 cm³/mol. The number of anilines is 1. The van der Waals surface area contributed by atoms with Crippen molar-refractivity contribution < 1.29 is 14.3 Å². The van der Waals surface area contributed by atoms with E-state index in [1.807, 2.05) is 18.0 Å². The van der Waals surface area contributed by atoms with Crippen LogP contribution in [0.15, 0.2) is 12.1 Å². The van der Waals surface area contributed by atoms with Crippen LogP contribution in [0.5, 0.6) is 0 Å². The lowest BCUT2D eigenvalue weighted by molar-refractivity contribution is -0.119. The van der Waals surface area contributed by atoms with Gasteiger partial charge in [0.25, 0.3) is 5.91 Å². The first kappa shape index (κ1) is 20.8. The zero-order chi connectivity index (χ0) is 21.4. The van der Waals surface area contributed by atoms with Crippen molar-refractivity contribution in [3.63, 3.8) is 0 Å². The third-order valence-corrected chi connectivity index (χ3v) is 6.44. The van der Waals surface area contributed by atoms with Gasteiger partial charge in [-0.15, -0.1) is 0 Å². The number of nitrogens with zero attached hydrogens (tertiary/aromatic N) is 4. The van der Waals surface area contributed by atoms with E-state index in [2.05, 4.69) is 28.9 Å². The molecule has 2 fully saturated rings. The molecule has 2 amide bonds. The number of hydrogen-bond donors (Lipinski definition) is 1. The minimum Gasteiger partial charge on any atom is -0.375 e. The van der Waals surface area contributed by atoms with Crippen molar-refractivity contribution in [1.82, 2.24) is 19.4 Å². The van der Waals surface area contributed by atoms with Gasteiger partial charge >= 0.3 is 0 Å². The number of likely N-dealkylation sites (tertiary alicyclic amines) is 1. The SMILES string of the molecule is COCC(=O)Nc1cc(C(=O)N2CCC(N(C)C)C2)c2c(c1)nc(C1CCC1)n2C. The average Bonchev–Trinajstić information content (AvgIpc) is 3.26. The van der Waals surface area contributed by atoms with E-state index in [9.17, 15) is 9.59 Å². The molecule has 1 unspecified atom stereocenters. The van der Waals surface area contributed by atoms with E-state index < -0.39 is 0 Å². The number of fused-ring (bicyclic) bond motifs is 1. The molecule has 30 heavy (non-hydrogen) atoms. The monoisotopic (exact) mass is 413 g/mol. The Balaban J connectivity index is 1.74. The lowest BCUT2D eigenvalue weighted by Gasteiger charge is -2.25. The van der Waals surface area contributed by atoms with Gasteiger partial charge in [-0.3, -0.25) is 9.59 Å². The molecule has 1 atom stereocenters. The second kappa shape index (κ2) is 8.35. The van der Waals surface area contributed by atoms with E-state index >= 15 is 0 Å². The Morgan fingerprint density at radius 1 is 1.27 bits per heavy atom. The third kappa shape index (κ3) is 3.81. The normalized spacial score (nSPS) is 19.5. The van der Waals surface area contributed by atoms with Crippen LogP contribution in [0.2, 0.25) is 0 Å². The molecule has 2 heterocycles. The van der Waals surface area contributed by atoms with E-state index in [0.29, 0.717) is 29.8 Å². The number of ether oxygens (including phenoxy) is 1. The fraction of sp³-hybridized carbons (Fsp3) is 0.591. The quantitative estimate of drug-likeness (QED) is 0.785. The van der Waals surface area contributed by atoms with Gasteiger partial charge in [0.15, 0.2) is 0 Å². The van der Waals surface area contributed by atoms with Crippen molar-refractivity contribution >= 4 is 28.5 Å². The summed E-state index contributed by atoms with van der Waals surface area (Å²) in [7, 11) is 7.58.